The predicted octanol–water partition coefficient (Wildman–Crippen LogP) is 1.64. The number of pyridine rings is 1. The van der Waals surface area contributed by atoms with E-state index < -0.39 is 11.6 Å². The number of H-pyrrole nitrogens is 1. The number of nitrogens with zero attached hydrogens (tertiary/aromatic N) is 5. The minimum atomic E-state index is -0.580. The highest BCUT2D eigenvalue weighted by Crippen LogP contribution is 2.17. The van der Waals surface area contributed by atoms with E-state index in [4.69, 9.17) is 4.52 Å². The molecule has 4 rings (SSSR count). The second kappa shape index (κ2) is 6.79. The number of amides is 1. The smallest absolute Gasteiger partial charge is 0.337 e. The van der Waals surface area contributed by atoms with Crippen molar-refractivity contribution < 1.29 is 9.32 Å². The maximum atomic E-state index is 12.8. The van der Waals surface area contributed by atoms with Gasteiger partial charge in [-0.15, -0.1) is 0 Å². The zero-order valence-corrected chi connectivity index (χ0v) is 14.3. The lowest BCUT2D eigenvalue weighted by molar-refractivity contribution is 0.0765. The number of carbonyl (C=O) groups is 1. The minimum absolute atomic E-state index is 0.0747. The van der Waals surface area contributed by atoms with Crippen LogP contribution in [0.3, 0.4) is 0 Å². The molecule has 27 heavy (non-hydrogen) atoms. The topological polar surface area (TPSA) is 118 Å². The van der Waals surface area contributed by atoms with Gasteiger partial charge in [-0.2, -0.15) is 9.97 Å². The molecule has 0 atom stereocenters. The second-order valence-corrected chi connectivity index (χ2v) is 5.84. The fraction of sp³-hybridized carbons (Fsp3) is 0.111. The van der Waals surface area contributed by atoms with Crippen molar-refractivity contribution in [1.82, 2.24) is 30.0 Å². The second-order valence-electron chi connectivity index (χ2n) is 5.84. The van der Waals surface area contributed by atoms with E-state index in [0.717, 1.165) is 5.56 Å². The van der Waals surface area contributed by atoms with Gasteiger partial charge in [0.15, 0.2) is 0 Å². The highest BCUT2D eigenvalue weighted by molar-refractivity contribution is 6.03. The zero-order chi connectivity index (χ0) is 18.8. The Morgan fingerprint density at radius 2 is 1.93 bits per heavy atom. The quantitative estimate of drug-likeness (QED) is 0.586. The highest BCUT2D eigenvalue weighted by atomic mass is 16.5. The molecule has 9 nitrogen and oxygen atoms in total. The number of para-hydroxylation sites is 1. The van der Waals surface area contributed by atoms with Crippen LogP contribution in [0.15, 0.2) is 58.1 Å². The lowest BCUT2D eigenvalue weighted by atomic mass is 10.1. The summed E-state index contributed by atoms with van der Waals surface area (Å²) in [5.74, 6) is 0.265. The van der Waals surface area contributed by atoms with Gasteiger partial charge in [0, 0.05) is 30.4 Å². The summed E-state index contributed by atoms with van der Waals surface area (Å²) in [6.07, 6.45) is 3.26. The Hall–Kier alpha value is -3.88. The molecule has 1 N–H and O–H groups in total. The summed E-state index contributed by atoms with van der Waals surface area (Å²) in [4.78, 5) is 40.6. The number of rotatable bonds is 4. The number of nitrogens with one attached hydrogen (secondary N) is 1. The van der Waals surface area contributed by atoms with Gasteiger partial charge in [-0.25, -0.2) is 4.79 Å². The number of carbonyl (C=O) groups excluding carboxylic acids is 1. The largest absolute Gasteiger partial charge is 0.346 e. The Bertz CT molecular complexity index is 1170. The van der Waals surface area contributed by atoms with E-state index in [-0.39, 0.29) is 18.1 Å². The van der Waals surface area contributed by atoms with Crippen molar-refractivity contribution in [2.45, 2.75) is 6.54 Å². The zero-order valence-electron chi connectivity index (χ0n) is 14.3. The van der Waals surface area contributed by atoms with E-state index in [1.54, 1.807) is 55.8 Å². The van der Waals surface area contributed by atoms with Crippen molar-refractivity contribution in [3.63, 3.8) is 0 Å². The van der Waals surface area contributed by atoms with E-state index in [9.17, 15) is 9.59 Å². The van der Waals surface area contributed by atoms with Gasteiger partial charge in [0.2, 0.25) is 11.7 Å². The maximum absolute atomic E-state index is 12.8. The number of fused-ring (bicyclic) bond motifs is 1. The van der Waals surface area contributed by atoms with Crippen LogP contribution in [0, 0.1) is 0 Å². The SMILES string of the molecule is CN(Cc1nc(-c2ccncc2)no1)C(=O)c1nc(=O)[nH]c2ccccc12. The monoisotopic (exact) mass is 362 g/mol. The van der Waals surface area contributed by atoms with E-state index in [2.05, 4.69) is 25.1 Å². The summed E-state index contributed by atoms with van der Waals surface area (Å²) in [6, 6.07) is 10.5. The number of aromatic nitrogens is 5. The van der Waals surface area contributed by atoms with Gasteiger partial charge >= 0.3 is 5.69 Å². The Kier molecular flexibility index (Phi) is 4.17. The van der Waals surface area contributed by atoms with Crippen LogP contribution in [0.5, 0.6) is 0 Å². The van der Waals surface area contributed by atoms with Gasteiger partial charge in [-0.05, 0) is 18.2 Å². The molecule has 0 fully saturated rings. The Morgan fingerprint density at radius 1 is 1.15 bits per heavy atom. The average molecular weight is 362 g/mol. The van der Waals surface area contributed by atoms with Crippen LogP contribution in [0.2, 0.25) is 0 Å². The molecule has 1 amide bonds. The van der Waals surface area contributed by atoms with Gasteiger partial charge in [0.1, 0.15) is 12.2 Å². The molecule has 0 radical (unpaired) electrons. The molecule has 0 unspecified atom stereocenters. The van der Waals surface area contributed by atoms with E-state index >= 15 is 0 Å². The van der Waals surface area contributed by atoms with Crippen LogP contribution >= 0.6 is 0 Å². The van der Waals surface area contributed by atoms with Crippen molar-refractivity contribution in [3.8, 4) is 11.4 Å². The molecular weight excluding hydrogens is 348 g/mol. The van der Waals surface area contributed by atoms with Gasteiger partial charge < -0.3 is 14.4 Å². The summed E-state index contributed by atoms with van der Waals surface area (Å²) in [5.41, 5.74) is 0.803. The standard InChI is InChI=1S/C18H14N6O3/c1-24(10-14-21-16(23-27-14)11-6-8-19-9-7-11)17(25)15-12-4-2-3-5-13(12)20-18(26)22-15/h2-9H,10H2,1H3,(H,20,22,26). The predicted molar refractivity (Wildman–Crippen MR) is 95.7 cm³/mol. The normalized spacial score (nSPS) is 10.9. The molecular formula is C18H14N6O3. The summed E-state index contributed by atoms with van der Waals surface area (Å²) in [6.45, 7) is 0.0831. The molecule has 0 spiro atoms. The van der Waals surface area contributed by atoms with E-state index in [1.807, 2.05) is 0 Å². The minimum Gasteiger partial charge on any atom is -0.337 e. The molecule has 3 aromatic heterocycles. The molecule has 0 bridgehead atoms. The first kappa shape index (κ1) is 16.6. The molecule has 9 heteroatoms. The van der Waals surface area contributed by atoms with Crippen LogP contribution in [0.1, 0.15) is 16.4 Å². The van der Waals surface area contributed by atoms with Crippen LogP contribution in [-0.2, 0) is 6.54 Å². The Balaban J connectivity index is 1.59. The van der Waals surface area contributed by atoms with Crippen LogP contribution in [0.25, 0.3) is 22.3 Å². The summed E-state index contributed by atoms with van der Waals surface area (Å²) in [5, 5.41) is 4.48. The molecule has 0 saturated heterocycles. The van der Waals surface area contributed by atoms with Gasteiger partial charge in [-0.1, -0.05) is 23.4 Å². The van der Waals surface area contributed by atoms with E-state index in [0.29, 0.717) is 16.7 Å². The molecule has 3 heterocycles. The number of hydrogen-bond donors (Lipinski definition) is 1. The first-order chi connectivity index (χ1) is 13.1. The van der Waals surface area contributed by atoms with Crippen LogP contribution in [0.4, 0.5) is 0 Å². The first-order valence-electron chi connectivity index (χ1n) is 8.09. The van der Waals surface area contributed by atoms with Crippen molar-refractivity contribution in [3.05, 3.63) is 70.9 Å². The molecule has 0 aliphatic rings. The number of aromatic amines is 1. The van der Waals surface area contributed by atoms with Gasteiger partial charge in [0.05, 0.1) is 5.52 Å². The van der Waals surface area contributed by atoms with Crippen molar-refractivity contribution in [1.29, 1.82) is 0 Å². The highest BCUT2D eigenvalue weighted by Gasteiger charge is 2.20. The molecule has 1 aromatic carbocycles. The summed E-state index contributed by atoms with van der Waals surface area (Å²) in [7, 11) is 1.58. The molecule has 4 aromatic rings. The third kappa shape index (κ3) is 3.30. The Labute approximate surface area is 152 Å². The summed E-state index contributed by atoms with van der Waals surface area (Å²) >= 11 is 0. The third-order valence-electron chi connectivity index (χ3n) is 3.97. The molecule has 134 valence electrons. The number of hydrogen-bond acceptors (Lipinski definition) is 7. The average Bonchev–Trinajstić information content (AvgIpc) is 3.16. The molecule has 0 aliphatic heterocycles. The molecule has 0 aliphatic carbocycles. The van der Waals surface area contributed by atoms with Gasteiger partial charge in [0.25, 0.3) is 5.91 Å². The van der Waals surface area contributed by atoms with Crippen molar-refractivity contribution in [2.75, 3.05) is 7.05 Å². The summed E-state index contributed by atoms with van der Waals surface area (Å²) < 4.78 is 5.22. The first-order valence-corrected chi connectivity index (χ1v) is 8.09. The van der Waals surface area contributed by atoms with E-state index in [1.165, 1.54) is 4.90 Å². The number of benzene rings is 1. The van der Waals surface area contributed by atoms with Gasteiger partial charge in [-0.3, -0.25) is 9.78 Å². The Morgan fingerprint density at radius 3 is 2.74 bits per heavy atom. The molecule has 0 saturated carbocycles. The maximum Gasteiger partial charge on any atom is 0.346 e. The van der Waals surface area contributed by atoms with Crippen molar-refractivity contribution in [2.24, 2.45) is 0 Å². The fourth-order valence-electron chi connectivity index (χ4n) is 2.66. The third-order valence-corrected chi connectivity index (χ3v) is 3.97. The lowest BCUT2D eigenvalue weighted by Crippen LogP contribution is -2.29. The van der Waals surface area contributed by atoms with Crippen LogP contribution in [-0.4, -0.2) is 42.9 Å². The fourth-order valence-corrected chi connectivity index (χ4v) is 2.66. The lowest BCUT2D eigenvalue weighted by Gasteiger charge is -2.15. The van der Waals surface area contributed by atoms with Crippen LogP contribution < -0.4 is 5.69 Å². The van der Waals surface area contributed by atoms with Crippen molar-refractivity contribution >= 4 is 16.8 Å².